The zero-order valence-electron chi connectivity index (χ0n) is 13.3. The number of amides is 1. The highest BCUT2D eigenvalue weighted by atomic mass is 16.5. The number of hydrazone groups is 1. The quantitative estimate of drug-likeness (QED) is 0.619. The summed E-state index contributed by atoms with van der Waals surface area (Å²) in [6.45, 7) is 2.23. The summed E-state index contributed by atoms with van der Waals surface area (Å²) in [4.78, 5) is 23.3. The number of ether oxygens (including phenoxy) is 2. The lowest BCUT2D eigenvalue weighted by atomic mass is 10.2. The number of carbonyl (C=O) groups excluding carboxylic acids is 2. The Kier molecular flexibility index (Phi) is 6.59. The van der Waals surface area contributed by atoms with Crippen molar-refractivity contribution < 1.29 is 19.1 Å². The van der Waals surface area contributed by atoms with E-state index in [9.17, 15) is 9.59 Å². The fourth-order valence-corrected chi connectivity index (χ4v) is 2.18. The maximum atomic E-state index is 11.7. The van der Waals surface area contributed by atoms with Crippen molar-refractivity contribution in [3.05, 3.63) is 29.8 Å². The average molecular weight is 318 g/mol. The van der Waals surface area contributed by atoms with Crippen LogP contribution in [0.3, 0.4) is 0 Å². The van der Waals surface area contributed by atoms with Crippen molar-refractivity contribution in [2.24, 2.45) is 5.10 Å². The van der Waals surface area contributed by atoms with Gasteiger partial charge in [0.2, 0.25) is 0 Å². The monoisotopic (exact) mass is 318 g/mol. The van der Waals surface area contributed by atoms with Crippen molar-refractivity contribution in [1.29, 1.82) is 0 Å². The van der Waals surface area contributed by atoms with Crippen LogP contribution in [-0.2, 0) is 9.53 Å². The summed E-state index contributed by atoms with van der Waals surface area (Å²) in [7, 11) is 0. The van der Waals surface area contributed by atoms with Gasteiger partial charge in [-0.3, -0.25) is 4.79 Å². The third kappa shape index (κ3) is 5.73. The van der Waals surface area contributed by atoms with Crippen LogP contribution in [0, 0.1) is 0 Å². The number of benzene rings is 1. The predicted molar refractivity (Wildman–Crippen MR) is 86.6 cm³/mol. The Morgan fingerprint density at radius 3 is 2.52 bits per heavy atom. The molecule has 1 saturated carbocycles. The van der Waals surface area contributed by atoms with Crippen LogP contribution in [0.5, 0.6) is 5.75 Å². The van der Waals surface area contributed by atoms with Crippen molar-refractivity contribution in [2.75, 3.05) is 13.2 Å². The lowest BCUT2D eigenvalue weighted by Gasteiger charge is -2.07. The molecule has 2 rings (SSSR count). The first-order valence-corrected chi connectivity index (χ1v) is 7.93. The van der Waals surface area contributed by atoms with Gasteiger partial charge in [-0.25, -0.2) is 10.2 Å². The first-order chi connectivity index (χ1) is 11.2. The van der Waals surface area contributed by atoms with Gasteiger partial charge in [-0.2, -0.15) is 5.10 Å². The van der Waals surface area contributed by atoms with E-state index in [1.54, 1.807) is 24.3 Å². The topological polar surface area (TPSA) is 77.0 Å². The molecule has 6 heteroatoms. The van der Waals surface area contributed by atoms with Crippen LogP contribution in [-0.4, -0.2) is 30.8 Å². The molecule has 0 heterocycles. The first-order valence-electron chi connectivity index (χ1n) is 7.93. The number of hydrogen-bond acceptors (Lipinski definition) is 5. The molecule has 0 aromatic heterocycles. The van der Waals surface area contributed by atoms with Crippen LogP contribution in [0.4, 0.5) is 0 Å². The lowest BCUT2D eigenvalue weighted by Crippen LogP contribution is -2.25. The Hall–Kier alpha value is -2.37. The standard InChI is InChI=1S/C17H22N2O4/c1-2-11-22-17(21)13-7-9-15(10-8-13)23-12-16(20)19-18-14-5-3-4-6-14/h7-10H,2-6,11-12H2,1H3,(H,19,20). The largest absolute Gasteiger partial charge is 0.484 e. The molecule has 1 N–H and O–H groups in total. The maximum absolute atomic E-state index is 11.7. The van der Waals surface area contributed by atoms with Crippen LogP contribution in [0.25, 0.3) is 0 Å². The van der Waals surface area contributed by atoms with E-state index >= 15 is 0 Å². The van der Waals surface area contributed by atoms with Crippen LogP contribution < -0.4 is 10.2 Å². The SMILES string of the molecule is CCCOC(=O)c1ccc(OCC(=O)NN=C2CCCC2)cc1. The van der Waals surface area contributed by atoms with Crippen LogP contribution in [0.2, 0.25) is 0 Å². The summed E-state index contributed by atoms with van der Waals surface area (Å²) in [6, 6.07) is 6.51. The van der Waals surface area contributed by atoms with Gasteiger partial charge in [-0.1, -0.05) is 6.92 Å². The van der Waals surface area contributed by atoms with E-state index in [0.717, 1.165) is 37.8 Å². The normalized spacial score (nSPS) is 13.5. The van der Waals surface area contributed by atoms with E-state index in [0.29, 0.717) is 17.9 Å². The van der Waals surface area contributed by atoms with Crippen molar-refractivity contribution in [2.45, 2.75) is 39.0 Å². The molecule has 6 nitrogen and oxygen atoms in total. The molecule has 1 aliphatic carbocycles. The molecule has 124 valence electrons. The van der Waals surface area contributed by atoms with E-state index in [4.69, 9.17) is 9.47 Å². The molecule has 1 aromatic rings. The minimum absolute atomic E-state index is 0.115. The Labute approximate surface area is 135 Å². The highest BCUT2D eigenvalue weighted by Crippen LogP contribution is 2.14. The zero-order chi connectivity index (χ0) is 16.5. The van der Waals surface area contributed by atoms with Gasteiger partial charge in [0.05, 0.1) is 12.2 Å². The fraction of sp³-hybridized carbons (Fsp3) is 0.471. The van der Waals surface area contributed by atoms with Gasteiger partial charge >= 0.3 is 5.97 Å². The average Bonchev–Trinajstić information content (AvgIpc) is 3.10. The second-order valence-corrected chi connectivity index (χ2v) is 5.37. The van der Waals surface area contributed by atoms with Crippen LogP contribution >= 0.6 is 0 Å². The molecule has 0 unspecified atom stereocenters. The van der Waals surface area contributed by atoms with Crippen molar-refractivity contribution in [1.82, 2.24) is 5.43 Å². The zero-order valence-corrected chi connectivity index (χ0v) is 13.3. The van der Waals surface area contributed by atoms with Gasteiger partial charge in [-0.15, -0.1) is 0 Å². The second kappa shape index (κ2) is 8.92. The van der Waals surface area contributed by atoms with E-state index < -0.39 is 0 Å². The Balaban J connectivity index is 1.76. The molecule has 0 radical (unpaired) electrons. The summed E-state index contributed by atoms with van der Waals surface area (Å²) in [5, 5.41) is 4.08. The molecule has 1 aliphatic rings. The molecule has 0 bridgehead atoms. The van der Waals surface area contributed by atoms with E-state index in [2.05, 4.69) is 10.5 Å². The van der Waals surface area contributed by atoms with Gasteiger partial charge in [-0.05, 0) is 56.4 Å². The minimum Gasteiger partial charge on any atom is -0.484 e. The molecule has 1 fully saturated rings. The van der Waals surface area contributed by atoms with Gasteiger partial charge in [0.15, 0.2) is 6.61 Å². The minimum atomic E-state index is -0.358. The lowest BCUT2D eigenvalue weighted by molar-refractivity contribution is -0.123. The highest BCUT2D eigenvalue weighted by molar-refractivity contribution is 5.89. The Morgan fingerprint density at radius 2 is 1.87 bits per heavy atom. The third-order valence-electron chi connectivity index (χ3n) is 3.42. The third-order valence-corrected chi connectivity index (χ3v) is 3.42. The van der Waals surface area contributed by atoms with Crippen LogP contribution in [0.1, 0.15) is 49.4 Å². The highest BCUT2D eigenvalue weighted by Gasteiger charge is 2.10. The maximum Gasteiger partial charge on any atom is 0.338 e. The number of nitrogens with zero attached hydrogens (tertiary/aromatic N) is 1. The molecule has 0 atom stereocenters. The summed E-state index contributed by atoms with van der Waals surface area (Å²) >= 11 is 0. The number of carbonyl (C=O) groups is 2. The van der Waals surface area contributed by atoms with Crippen molar-refractivity contribution in [3.63, 3.8) is 0 Å². The molecule has 0 saturated heterocycles. The van der Waals surface area contributed by atoms with Gasteiger partial charge in [0, 0.05) is 5.71 Å². The van der Waals surface area contributed by atoms with Crippen molar-refractivity contribution >= 4 is 17.6 Å². The molecular weight excluding hydrogens is 296 g/mol. The van der Waals surface area contributed by atoms with E-state index in [1.807, 2.05) is 6.92 Å². The molecular formula is C17H22N2O4. The van der Waals surface area contributed by atoms with Crippen molar-refractivity contribution in [3.8, 4) is 5.75 Å². The molecule has 1 aromatic carbocycles. The molecule has 23 heavy (non-hydrogen) atoms. The summed E-state index contributed by atoms with van der Waals surface area (Å²) in [5.41, 5.74) is 3.99. The number of esters is 1. The van der Waals surface area contributed by atoms with Crippen LogP contribution in [0.15, 0.2) is 29.4 Å². The molecule has 0 aliphatic heterocycles. The Morgan fingerprint density at radius 1 is 1.17 bits per heavy atom. The number of rotatable bonds is 7. The summed E-state index contributed by atoms with van der Waals surface area (Å²) < 4.78 is 10.4. The second-order valence-electron chi connectivity index (χ2n) is 5.37. The van der Waals surface area contributed by atoms with Gasteiger partial charge in [0.1, 0.15) is 5.75 Å². The van der Waals surface area contributed by atoms with E-state index in [-0.39, 0.29) is 18.5 Å². The Bertz CT molecular complexity index is 558. The summed E-state index contributed by atoms with van der Waals surface area (Å²) in [5.74, 6) is -0.139. The summed E-state index contributed by atoms with van der Waals surface area (Å²) in [6.07, 6.45) is 4.97. The van der Waals surface area contributed by atoms with Gasteiger partial charge in [0.25, 0.3) is 5.91 Å². The molecule has 0 spiro atoms. The smallest absolute Gasteiger partial charge is 0.338 e. The van der Waals surface area contributed by atoms with Gasteiger partial charge < -0.3 is 9.47 Å². The number of hydrogen-bond donors (Lipinski definition) is 1. The molecule has 1 amide bonds. The predicted octanol–water partition coefficient (Wildman–Crippen LogP) is 2.68. The fourth-order valence-electron chi connectivity index (χ4n) is 2.18. The first kappa shape index (κ1) is 17.0. The van der Waals surface area contributed by atoms with E-state index in [1.165, 1.54) is 0 Å². The number of nitrogens with one attached hydrogen (secondary N) is 1.